The topological polar surface area (TPSA) is 85.5 Å². The average Bonchev–Trinajstić information content (AvgIpc) is 2.52. The second-order valence-electron chi connectivity index (χ2n) is 4.82. The molecule has 2 rings (SSSR count). The predicted octanol–water partition coefficient (Wildman–Crippen LogP) is 0.566. The zero-order chi connectivity index (χ0) is 15.9. The van der Waals surface area contributed by atoms with Crippen molar-refractivity contribution >= 4 is 17.6 Å². The molecule has 0 atom stereocenters. The third-order valence-corrected chi connectivity index (χ3v) is 3.25. The van der Waals surface area contributed by atoms with E-state index >= 15 is 0 Å². The van der Waals surface area contributed by atoms with Gasteiger partial charge >= 0.3 is 6.55 Å². The molecule has 1 aromatic rings. The molecule has 0 radical (unpaired) electrons. The van der Waals surface area contributed by atoms with Gasteiger partial charge in [0.15, 0.2) is 0 Å². The number of rotatable bonds is 6. The van der Waals surface area contributed by atoms with Crippen molar-refractivity contribution in [3.63, 3.8) is 0 Å². The molecule has 0 unspecified atom stereocenters. The quantitative estimate of drug-likeness (QED) is 0.529. The van der Waals surface area contributed by atoms with Crippen LogP contribution < -0.4 is 16.3 Å². The Kier molecular flexibility index (Phi) is 5.73. The van der Waals surface area contributed by atoms with E-state index in [4.69, 9.17) is 5.41 Å². The van der Waals surface area contributed by atoms with Gasteiger partial charge in [-0.05, 0) is 6.07 Å². The Hall–Kier alpha value is -2.13. The van der Waals surface area contributed by atoms with E-state index in [0.717, 1.165) is 44.7 Å². The molecular formula is C13H18F2N6O. The van der Waals surface area contributed by atoms with Gasteiger partial charge in [-0.1, -0.05) is 0 Å². The third-order valence-electron chi connectivity index (χ3n) is 3.25. The molecule has 2 heterocycles. The van der Waals surface area contributed by atoms with Crippen LogP contribution in [0.2, 0.25) is 0 Å². The molecule has 1 saturated heterocycles. The molecule has 0 aromatic carbocycles. The lowest BCUT2D eigenvalue weighted by atomic mass is 10.3. The number of nitrogens with one attached hydrogen (secondary N) is 3. The van der Waals surface area contributed by atoms with Crippen LogP contribution in [0.3, 0.4) is 0 Å². The Morgan fingerprint density at radius 2 is 2.23 bits per heavy atom. The molecule has 0 saturated carbocycles. The Labute approximate surface area is 126 Å². The lowest BCUT2D eigenvalue weighted by Gasteiger charge is -2.26. The molecule has 22 heavy (non-hydrogen) atoms. The Morgan fingerprint density at radius 3 is 2.82 bits per heavy atom. The number of anilines is 1. The molecule has 3 N–H and O–H groups in total. The van der Waals surface area contributed by atoms with Crippen LogP contribution in [0.4, 0.5) is 14.5 Å². The van der Waals surface area contributed by atoms with Crippen molar-refractivity contribution < 1.29 is 8.78 Å². The zero-order valence-electron chi connectivity index (χ0n) is 11.9. The van der Waals surface area contributed by atoms with Crippen molar-refractivity contribution in [2.45, 2.75) is 6.55 Å². The maximum Gasteiger partial charge on any atom is 0.321 e. The average molecular weight is 312 g/mol. The number of halogens is 2. The molecule has 120 valence electrons. The highest BCUT2D eigenvalue weighted by Crippen LogP contribution is 2.09. The van der Waals surface area contributed by atoms with Gasteiger partial charge in [-0.2, -0.15) is 13.9 Å². The summed E-state index contributed by atoms with van der Waals surface area (Å²) in [5.41, 5.74) is 2.62. The van der Waals surface area contributed by atoms with E-state index in [-0.39, 0.29) is 0 Å². The van der Waals surface area contributed by atoms with E-state index in [9.17, 15) is 13.6 Å². The number of hydrazone groups is 1. The van der Waals surface area contributed by atoms with Crippen LogP contribution in [0, 0.1) is 5.41 Å². The van der Waals surface area contributed by atoms with Crippen LogP contribution in [0.5, 0.6) is 0 Å². The Morgan fingerprint density at radius 1 is 1.50 bits per heavy atom. The highest BCUT2D eigenvalue weighted by molar-refractivity contribution is 6.30. The summed E-state index contributed by atoms with van der Waals surface area (Å²) in [5, 5.41) is 14.7. The first kappa shape index (κ1) is 16.2. The number of nitrogens with zero attached hydrogens (tertiary/aromatic N) is 3. The standard InChI is InChI=1S/C13H18F2N6O/c14-13(15)21-4-1-10(7-12(21)22)18-19-11(8-16)9-20-5-2-17-3-6-20/h1,4,7-8,13,16-18H,2-3,5-6,9H2/b16-8?,19-11+. The van der Waals surface area contributed by atoms with Gasteiger partial charge < -0.3 is 10.7 Å². The molecule has 0 aliphatic carbocycles. The number of hydrogen-bond donors (Lipinski definition) is 3. The summed E-state index contributed by atoms with van der Waals surface area (Å²) >= 11 is 0. The van der Waals surface area contributed by atoms with Gasteiger partial charge in [-0.25, -0.2) is 0 Å². The molecule has 1 aliphatic rings. The molecule has 7 nitrogen and oxygen atoms in total. The lowest BCUT2D eigenvalue weighted by Crippen LogP contribution is -2.45. The Balaban J connectivity index is 2.00. The molecular weight excluding hydrogens is 294 g/mol. The fourth-order valence-corrected chi connectivity index (χ4v) is 2.07. The summed E-state index contributed by atoms with van der Waals surface area (Å²) < 4.78 is 25.3. The smallest absolute Gasteiger partial charge is 0.314 e. The normalized spacial score (nSPS) is 16.8. The van der Waals surface area contributed by atoms with E-state index in [0.29, 0.717) is 22.5 Å². The second kappa shape index (κ2) is 7.76. The maximum atomic E-state index is 12.5. The molecule has 1 aromatic heterocycles. The molecule has 0 bridgehead atoms. The van der Waals surface area contributed by atoms with E-state index in [1.165, 1.54) is 6.07 Å². The summed E-state index contributed by atoms with van der Waals surface area (Å²) in [4.78, 5) is 13.6. The monoisotopic (exact) mass is 312 g/mol. The van der Waals surface area contributed by atoms with Crippen molar-refractivity contribution in [2.75, 3.05) is 38.1 Å². The predicted molar refractivity (Wildman–Crippen MR) is 81.1 cm³/mol. The number of piperazine rings is 1. The summed E-state index contributed by atoms with van der Waals surface area (Å²) in [6.07, 6.45) is 2.14. The summed E-state index contributed by atoms with van der Waals surface area (Å²) in [5.74, 6) is 0. The van der Waals surface area contributed by atoms with Crippen molar-refractivity contribution in [1.82, 2.24) is 14.8 Å². The minimum atomic E-state index is -2.87. The summed E-state index contributed by atoms with van der Waals surface area (Å²) in [6, 6.07) is 2.38. The van der Waals surface area contributed by atoms with Crippen LogP contribution in [0.1, 0.15) is 6.55 Å². The van der Waals surface area contributed by atoms with Gasteiger partial charge in [0.25, 0.3) is 5.56 Å². The van der Waals surface area contributed by atoms with Crippen molar-refractivity contribution in [2.24, 2.45) is 5.10 Å². The maximum absolute atomic E-state index is 12.5. The van der Waals surface area contributed by atoms with Gasteiger partial charge in [0, 0.05) is 51.2 Å². The highest BCUT2D eigenvalue weighted by atomic mass is 19.3. The third kappa shape index (κ3) is 4.43. The van der Waals surface area contributed by atoms with Crippen LogP contribution >= 0.6 is 0 Å². The molecule has 1 fully saturated rings. The first-order valence-corrected chi connectivity index (χ1v) is 6.86. The fraction of sp³-hybridized carbons (Fsp3) is 0.462. The van der Waals surface area contributed by atoms with Crippen LogP contribution in [0.15, 0.2) is 28.2 Å². The van der Waals surface area contributed by atoms with E-state index in [2.05, 4.69) is 20.7 Å². The van der Waals surface area contributed by atoms with E-state index in [1.807, 2.05) is 0 Å². The summed E-state index contributed by atoms with van der Waals surface area (Å²) in [7, 11) is 0. The van der Waals surface area contributed by atoms with Crippen molar-refractivity contribution in [3.05, 3.63) is 28.7 Å². The first-order chi connectivity index (χ1) is 10.6. The molecule has 9 heteroatoms. The highest BCUT2D eigenvalue weighted by Gasteiger charge is 2.11. The SMILES string of the molecule is N=C/C(CN1CCNCC1)=N\Nc1ccn(C(F)F)c(=O)c1. The number of aromatic nitrogens is 1. The first-order valence-electron chi connectivity index (χ1n) is 6.86. The fourth-order valence-electron chi connectivity index (χ4n) is 2.07. The largest absolute Gasteiger partial charge is 0.321 e. The number of hydrogen-bond acceptors (Lipinski definition) is 6. The van der Waals surface area contributed by atoms with Crippen molar-refractivity contribution in [3.8, 4) is 0 Å². The number of alkyl halides is 2. The van der Waals surface area contributed by atoms with Crippen LogP contribution in [0.25, 0.3) is 0 Å². The minimum Gasteiger partial charge on any atom is -0.314 e. The minimum absolute atomic E-state index is 0.307. The Bertz CT molecular complexity index is 594. The van der Waals surface area contributed by atoms with Gasteiger partial charge in [0.05, 0.1) is 11.4 Å². The van der Waals surface area contributed by atoms with Crippen molar-refractivity contribution in [1.29, 1.82) is 5.41 Å². The summed E-state index contributed by atoms with van der Waals surface area (Å²) in [6.45, 7) is 1.19. The molecule has 0 spiro atoms. The molecule has 0 amide bonds. The van der Waals surface area contributed by atoms with Gasteiger partial charge in [0.1, 0.15) is 0 Å². The zero-order valence-corrected chi connectivity index (χ0v) is 11.9. The van der Waals surface area contributed by atoms with E-state index < -0.39 is 12.1 Å². The van der Waals surface area contributed by atoms with Gasteiger partial charge in [-0.3, -0.25) is 19.7 Å². The molecule has 1 aliphatic heterocycles. The second-order valence-corrected chi connectivity index (χ2v) is 4.82. The van der Waals surface area contributed by atoms with Crippen LogP contribution in [-0.4, -0.2) is 54.1 Å². The van der Waals surface area contributed by atoms with Crippen LogP contribution in [-0.2, 0) is 0 Å². The number of pyridine rings is 1. The van der Waals surface area contributed by atoms with E-state index in [1.54, 1.807) is 0 Å². The lowest BCUT2D eigenvalue weighted by molar-refractivity contribution is 0.0664. The van der Waals surface area contributed by atoms with Gasteiger partial charge in [-0.15, -0.1) is 0 Å². The van der Waals surface area contributed by atoms with Gasteiger partial charge in [0.2, 0.25) is 0 Å².